The Balaban J connectivity index is 1.79. The van der Waals surface area contributed by atoms with Gasteiger partial charge in [-0.1, -0.05) is 18.2 Å². The van der Waals surface area contributed by atoms with E-state index in [0.717, 1.165) is 24.6 Å². The van der Waals surface area contributed by atoms with Gasteiger partial charge in [-0.2, -0.15) is 13.2 Å². The monoisotopic (exact) mass is 295 g/mol. The SMILES string of the molecule is Cc1cn(C2CC2)c(NCc2ccccc2C(F)(F)F)n1. The summed E-state index contributed by atoms with van der Waals surface area (Å²) in [5.41, 5.74) is 0.500. The van der Waals surface area contributed by atoms with Crippen LogP contribution >= 0.6 is 0 Å². The van der Waals surface area contributed by atoms with Gasteiger partial charge in [0.2, 0.25) is 5.95 Å². The molecule has 0 saturated heterocycles. The molecule has 1 fully saturated rings. The first kappa shape index (κ1) is 14.0. The molecule has 0 spiro atoms. The minimum atomic E-state index is -4.33. The van der Waals surface area contributed by atoms with E-state index in [2.05, 4.69) is 10.3 Å². The topological polar surface area (TPSA) is 29.9 Å². The standard InChI is InChI=1S/C15H16F3N3/c1-10-9-21(12-6-7-12)14(20-10)19-8-11-4-2-3-5-13(11)15(16,17)18/h2-5,9,12H,6-8H2,1H3,(H,19,20). The molecule has 0 bridgehead atoms. The maximum atomic E-state index is 12.9. The van der Waals surface area contributed by atoms with Crippen LogP contribution in [0, 0.1) is 6.92 Å². The van der Waals surface area contributed by atoms with Gasteiger partial charge in [-0.25, -0.2) is 4.98 Å². The van der Waals surface area contributed by atoms with Crippen molar-refractivity contribution in [3.63, 3.8) is 0 Å². The molecule has 0 amide bonds. The van der Waals surface area contributed by atoms with E-state index in [0.29, 0.717) is 12.0 Å². The summed E-state index contributed by atoms with van der Waals surface area (Å²) in [5.74, 6) is 0.645. The fourth-order valence-electron chi connectivity index (χ4n) is 2.40. The molecule has 1 aromatic carbocycles. The van der Waals surface area contributed by atoms with Crippen molar-refractivity contribution >= 4 is 5.95 Å². The van der Waals surface area contributed by atoms with Crippen LogP contribution in [0.15, 0.2) is 30.5 Å². The summed E-state index contributed by atoms with van der Waals surface area (Å²) < 4.78 is 40.9. The molecule has 1 saturated carbocycles. The Labute approximate surface area is 120 Å². The molecular formula is C15H16F3N3. The van der Waals surface area contributed by atoms with Crippen LogP contribution in [0.5, 0.6) is 0 Å². The summed E-state index contributed by atoms with van der Waals surface area (Å²) >= 11 is 0. The summed E-state index contributed by atoms with van der Waals surface area (Å²) in [6.45, 7) is 1.99. The molecule has 6 heteroatoms. The van der Waals surface area contributed by atoms with Crippen LogP contribution in [0.25, 0.3) is 0 Å². The lowest BCUT2D eigenvalue weighted by atomic mass is 10.1. The van der Waals surface area contributed by atoms with E-state index >= 15 is 0 Å². The number of aromatic nitrogens is 2. The Morgan fingerprint density at radius 2 is 2.00 bits per heavy atom. The molecule has 1 aliphatic rings. The Morgan fingerprint density at radius 1 is 1.29 bits per heavy atom. The van der Waals surface area contributed by atoms with Crippen LogP contribution < -0.4 is 5.32 Å². The lowest BCUT2D eigenvalue weighted by Crippen LogP contribution is -2.13. The Morgan fingerprint density at radius 3 is 2.67 bits per heavy atom. The molecule has 2 aromatic rings. The second-order valence-corrected chi connectivity index (χ2v) is 5.35. The first-order chi connectivity index (χ1) is 9.95. The minimum Gasteiger partial charge on any atom is -0.352 e. The average Bonchev–Trinajstić information content (AvgIpc) is 3.19. The zero-order chi connectivity index (χ0) is 15.0. The van der Waals surface area contributed by atoms with Crippen molar-refractivity contribution in [3.05, 3.63) is 47.3 Å². The number of benzene rings is 1. The maximum absolute atomic E-state index is 12.9. The van der Waals surface area contributed by atoms with Crippen LogP contribution in [0.3, 0.4) is 0 Å². The maximum Gasteiger partial charge on any atom is 0.416 e. The molecule has 21 heavy (non-hydrogen) atoms. The molecule has 0 atom stereocenters. The lowest BCUT2D eigenvalue weighted by molar-refractivity contribution is -0.138. The van der Waals surface area contributed by atoms with Gasteiger partial charge in [0.05, 0.1) is 11.3 Å². The Hall–Kier alpha value is -1.98. The van der Waals surface area contributed by atoms with Gasteiger partial charge < -0.3 is 9.88 Å². The number of imidazole rings is 1. The van der Waals surface area contributed by atoms with Crippen molar-refractivity contribution in [2.24, 2.45) is 0 Å². The van der Waals surface area contributed by atoms with E-state index in [1.807, 2.05) is 17.7 Å². The quantitative estimate of drug-likeness (QED) is 0.918. The van der Waals surface area contributed by atoms with E-state index < -0.39 is 11.7 Å². The van der Waals surface area contributed by atoms with E-state index in [4.69, 9.17) is 0 Å². The van der Waals surface area contributed by atoms with Gasteiger partial charge in [-0.3, -0.25) is 0 Å². The Kier molecular flexibility index (Phi) is 3.39. The number of nitrogens with one attached hydrogen (secondary N) is 1. The second-order valence-electron chi connectivity index (χ2n) is 5.35. The van der Waals surface area contributed by atoms with Gasteiger partial charge in [-0.15, -0.1) is 0 Å². The first-order valence-corrected chi connectivity index (χ1v) is 6.89. The van der Waals surface area contributed by atoms with E-state index in [1.54, 1.807) is 6.07 Å². The number of anilines is 1. The number of halogens is 3. The highest BCUT2D eigenvalue weighted by atomic mass is 19.4. The number of hydrogen-bond acceptors (Lipinski definition) is 2. The fraction of sp³-hybridized carbons (Fsp3) is 0.400. The second kappa shape index (κ2) is 5.09. The van der Waals surface area contributed by atoms with Gasteiger partial charge in [0.25, 0.3) is 0 Å². The third-order valence-electron chi connectivity index (χ3n) is 3.55. The molecule has 3 nitrogen and oxygen atoms in total. The Bertz CT molecular complexity index is 642. The average molecular weight is 295 g/mol. The summed E-state index contributed by atoms with van der Waals surface area (Å²) in [4.78, 5) is 4.35. The highest BCUT2D eigenvalue weighted by molar-refractivity contribution is 5.36. The normalized spacial score (nSPS) is 15.2. The van der Waals surface area contributed by atoms with Crippen LogP contribution in [0.1, 0.15) is 35.7 Å². The molecule has 1 N–H and O–H groups in total. The molecule has 3 rings (SSSR count). The van der Waals surface area contributed by atoms with Crippen molar-refractivity contribution in [2.45, 2.75) is 38.5 Å². The molecule has 1 heterocycles. The predicted molar refractivity (Wildman–Crippen MR) is 74.0 cm³/mol. The predicted octanol–water partition coefficient (Wildman–Crippen LogP) is 4.16. The zero-order valence-corrected chi connectivity index (χ0v) is 11.6. The fourth-order valence-corrected chi connectivity index (χ4v) is 2.40. The number of hydrogen-bond donors (Lipinski definition) is 1. The molecule has 1 aromatic heterocycles. The summed E-state index contributed by atoms with van der Waals surface area (Å²) in [5, 5.41) is 3.04. The van der Waals surface area contributed by atoms with Gasteiger partial charge in [0.1, 0.15) is 0 Å². The van der Waals surface area contributed by atoms with Gasteiger partial charge >= 0.3 is 6.18 Å². The number of nitrogens with zero attached hydrogens (tertiary/aromatic N) is 2. The number of rotatable bonds is 4. The summed E-state index contributed by atoms with van der Waals surface area (Å²) in [7, 11) is 0. The van der Waals surface area contributed by atoms with Crippen LogP contribution in [0.4, 0.5) is 19.1 Å². The molecular weight excluding hydrogens is 279 g/mol. The highest BCUT2D eigenvalue weighted by Crippen LogP contribution is 2.37. The summed E-state index contributed by atoms with van der Waals surface area (Å²) in [6.07, 6.45) is -0.191. The summed E-state index contributed by atoms with van der Waals surface area (Å²) in [6, 6.07) is 6.06. The minimum absolute atomic E-state index is 0.110. The van der Waals surface area contributed by atoms with Crippen LogP contribution in [0.2, 0.25) is 0 Å². The molecule has 0 aliphatic heterocycles. The largest absolute Gasteiger partial charge is 0.416 e. The van der Waals surface area contributed by atoms with Crippen molar-refractivity contribution in [2.75, 3.05) is 5.32 Å². The van der Waals surface area contributed by atoms with E-state index in [1.165, 1.54) is 12.1 Å². The van der Waals surface area contributed by atoms with E-state index in [-0.39, 0.29) is 12.1 Å². The molecule has 112 valence electrons. The smallest absolute Gasteiger partial charge is 0.352 e. The lowest BCUT2D eigenvalue weighted by Gasteiger charge is -2.14. The number of alkyl halides is 3. The van der Waals surface area contributed by atoms with Crippen molar-refractivity contribution in [1.82, 2.24) is 9.55 Å². The van der Waals surface area contributed by atoms with Crippen LogP contribution in [-0.4, -0.2) is 9.55 Å². The van der Waals surface area contributed by atoms with Crippen LogP contribution in [-0.2, 0) is 12.7 Å². The van der Waals surface area contributed by atoms with Gasteiger partial charge in [0, 0.05) is 18.8 Å². The van der Waals surface area contributed by atoms with E-state index in [9.17, 15) is 13.2 Å². The first-order valence-electron chi connectivity index (χ1n) is 6.89. The molecule has 0 unspecified atom stereocenters. The highest BCUT2D eigenvalue weighted by Gasteiger charge is 2.33. The van der Waals surface area contributed by atoms with Crippen molar-refractivity contribution < 1.29 is 13.2 Å². The third-order valence-corrected chi connectivity index (χ3v) is 3.55. The molecule has 0 radical (unpaired) electrons. The van der Waals surface area contributed by atoms with Gasteiger partial charge in [-0.05, 0) is 31.4 Å². The third kappa shape index (κ3) is 3.04. The van der Waals surface area contributed by atoms with Crippen molar-refractivity contribution in [3.8, 4) is 0 Å². The molecule has 1 aliphatic carbocycles. The van der Waals surface area contributed by atoms with Gasteiger partial charge in [0.15, 0.2) is 0 Å². The zero-order valence-electron chi connectivity index (χ0n) is 11.6. The van der Waals surface area contributed by atoms with Crippen molar-refractivity contribution in [1.29, 1.82) is 0 Å². The number of aryl methyl sites for hydroxylation is 1.